The van der Waals surface area contributed by atoms with E-state index in [1.165, 1.54) is 11.1 Å². The first-order valence-corrected chi connectivity index (χ1v) is 10.1. The van der Waals surface area contributed by atoms with Gasteiger partial charge in [-0.05, 0) is 30.2 Å². The molecule has 0 saturated heterocycles. The van der Waals surface area contributed by atoms with Gasteiger partial charge < -0.3 is 9.30 Å². The summed E-state index contributed by atoms with van der Waals surface area (Å²) in [5, 5.41) is 0. The number of imidazole rings is 1. The van der Waals surface area contributed by atoms with Gasteiger partial charge in [0.1, 0.15) is 5.75 Å². The number of hydrogen-bond donors (Lipinski definition) is 0. The highest BCUT2D eigenvalue weighted by atomic mass is 16.5. The third-order valence-electron chi connectivity index (χ3n) is 5.63. The van der Waals surface area contributed by atoms with Crippen molar-refractivity contribution in [2.24, 2.45) is 4.99 Å². The van der Waals surface area contributed by atoms with E-state index in [4.69, 9.17) is 14.7 Å². The SMILES string of the molecule is COc1ccc([C@@H]2CC(c3ccc(C)cc3)=Nc3nc(-c4ccccc4)cn32)cc1. The first-order valence-electron chi connectivity index (χ1n) is 10.1. The predicted molar refractivity (Wildman–Crippen MR) is 121 cm³/mol. The lowest BCUT2D eigenvalue weighted by atomic mass is 9.95. The lowest BCUT2D eigenvalue weighted by Gasteiger charge is -2.25. The van der Waals surface area contributed by atoms with Gasteiger partial charge in [-0.15, -0.1) is 0 Å². The van der Waals surface area contributed by atoms with Crippen molar-refractivity contribution in [3.8, 4) is 17.0 Å². The number of hydrogen-bond acceptors (Lipinski definition) is 3. The first-order chi connectivity index (χ1) is 14.7. The minimum atomic E-state index is 0.129. The fraction of sp³-hybridized carbons (Fsp3) is 0.154. The summed E-state index contributed by atoms with van der Waals surface area (Å²) in [6.07, 6.45) is 2.93. The van der Waals surface area contributed by atoms with Crippen LogP contribution in [0.2, 0.25) is 0 Å². The van der Waals surface area contributed by atoms with Crippen molar-refractivity contribution in [1.29, 1.82) is 0 Å². The fourth-order valence-corrected chi connectivity index (χ4v) is 3.92. The first kappa shape index (κ1) is 18.4. The zero-order valence-corrected chi connectivity index (χ0v) is 17.1. The van der Waals surface area contributed by atoms with Gasteiger partial charge in [0.2, 0.25) is 5.95 Å². The van der Waals surface area contributed by atoms with Crippen LogP contribution < -0.4 is 4.74 Å². The van der Waals surface area contributed by atoms with Gasteiger partial charge in [0.25, 0.3) is 0 Å². The van der Waals surface area contributed by atoms with E-state index in [0.29, 0.717) is 0 Å². The van der Waals surface area contributed by atoms with Gasteiger partial charge in [0.15, 0.2) is 0 Å². The summed E-state index contributed by atoms with van der Waals surface area (Å²) in [4.78, 5) is 9.82. The summed E-state index contributed by atoms with van der Waals surface area (Å²) in [7, 11) is 1.69. The van der Waals surface area contributed by atoms with Crippen molar-refractivity contribution in [3.05, 3.63) is 102 Å². The Hall–Kier alpha value is -3.66. The van der Waals surface area contributed by atoms with E-state index >= 15 is 0 Å². The molecule has 1 aliphatic rings. The number of methoxy groups -OCH3 is 1. The minimum Gasteiger partial charge on any atom is -0.497 e. The molecule has 3 aromatic carbocycles. The normalized spacial score (nSPS) is 15.4. The second-order valence-electron chi connectivity index (χ2n) is 7.62. The average molecular weight is 393 g/mol. The number of aromatic nitrogens is 2. The summed E-state index contributed by atoms with van der Waals surface area (Å²) >= 11 is 0. The third-order valence-corrected chi connectivity index (χ3v) is 5.63. The van der Waals surface area contributed by atoms with Crippen molar-refractivity contribution in [1.82, 2.24) is 9.55 Å². The molecule has 2 heterocycles. The van der Waals surface area contributed by atoms with Crippen LogP contribution in [0.1, 0.15) is 29.2 Å². The Kier molecular flexibility index (Phi) is 4.68. The van der Waals surface area contributed by atoms with Gasteiger partial charge in [-0.1, -0.05) is 72.3 Å². The maximum atomic E-state index is 5.35. The lowest BCUT2D eigenvalue weighted by molar-refractivity contribution is 0.414. The highest BCUT2D eigenvalue weighted by molar-refractivity contribution is 6.03. The topological polar surface area (TPSA) is 39.4 Å². The highest BCUT2D eigenvalue weighted by Gasteiger charge is 2.26. The van der Waals surface area contributed by atoms with Crippen molar-refractivity contribution >= 4 is 11.7 Å². The molecule has 148 valence electrons. The average Bonchev–Trinajstić information content (AvgIpc) is 3.24. The number of nitrogens with zero attached hydrogens (tertiary/aromatic N) is 3. The van der Waals surface area contributed by atoms with E-state index in [2.05, 4.69) is 66.2 Å². The van der Waals surface area contributed by atoms with Crippen LogP contribution in [0.3, 0.4) is 0 Å². The Bertz CT molecular complexity index is 1190. The van der Waals surface area contributed by atoms with Crippen LogP contribution in [0, 0.1) is 6.92 Å². The van der Waals surface area contributed by atoms with Crippen LogP contribution in [0.25, 0.3) is 11.3 Å². The molecule has 4 aromatic rings. The van der Waals surface area contributed by atoms with Crippen LogP contribution in [0.15, 0.2) is 90.1 Å². The Labute approximate surface area is 176 Å². The van der Waals surface area contributed by atoms with Crippen molar-refractivity contribution < 1.29 is 4.74 Å². The number of aryl methyl sites for hydroxylation is 1. The largest absolute Gasteiger partial charge is 0.497 e. The fourth-order valence-electron chi connectivity index (χ4n) is 3.92. The molecule has 0 N–H and O–H groups in total. The summed E-state index contributed by atoms with van der Waals surface area (Å²) in [5.74, 6) is 1.61. The molecule has 0 saturated carbocycles. The number of aliphatic imine (C=N–C) groups is 1. The van der Waals surface area contributed by atoms with Crippen LogP contribution in [-0.4, -0.2) is 22.4 Å². The lowest BCUT2D eigenvalue weighted by Crippen LogP contribution is -2.19. The number of benzene rings is 3. The van der Waals surface area contributed by atoms with E-state index < -0.39 is 0 Å². The van der Waals surface area contributed by atoms with E-state index in [1.807, 2.05) is 30.3 Å². The van der Waals surface area contributed by atoms with Gasteiger partial charge >= 0.3 is 0 Å². The quantitative estimate of drug-likeness (QED) is 0.428. The summed E-state index contributed by atoms with van der Waals surface area (Å²) in [5.41, 5.74) is 6.71. The monoisotopic (exact) mass is 393 g/mol. The Balaban J connectivity index is 1.62. The van der Waals surface area contributed by atoms with Crippen molar-refractivity contribution in [3.63, 3.8) is 0 Å². The molecule has 0 bridgehead atoms. The molecule has 0 amide bonds. The van der Waals surface area contributed by atoms with Crippen molar-refractivity contribution in [2.45, 2.75) is 19.4 Å². The molecule has 5 rings (SSSR count). The molecule has 4 heteroatoms. The Morgan fingerprint density at radius 2 is 1.60 bits per heavy atom. The number of fused-ring (bicyclic) bond motifs is 1. The van der Waals surface area contributed by atoms with Gasteiger partial charge in [-0.25, -0.2) is 9.98 Å². The highest BCUT2D eigenvalue weighted by Crippen LogP contribution is 2.36. The molecular weight excluding hydrogens is 370 g/mol. The molecule has 0 radical (unpaired) electrons. The summed E-state index contributed by atoms with van der Waals surface area (Å²) in [6, 6.07) is 27.3. The van der Waals surface area contributed by atoms with Gasteiger partial charge in [-0.3, -0.25) is 0 Å². The molecule has 0 fully saturated rings. The van der Waals surface area contributed by atoms with Gasteiger partial charge in [0.05, 0.1) is 24.6 Å². The third kappa shape index (κ3) is 3.41. The second kappa shape index (κ2) is 7.64. The maximum Gasteiger partial charge on any atom is 0.230 e. The maximum absolute atomic E-state index is 5.35. The van der Waals surface area contributed by atoms with E-state index in [9.17, 15) is 0 Å². The van der Waals surface area contributed by atoms with Crippen molar-refractivity contribution in [2.75, 3.05) is 7.11 Å². The summed E-state index contributed by atoms with van der Waals surface area (Å²) < 4.78 is 7.54. The predicted octanol–water partition coefficient (Wildman–Crippen LogP) is 5.98. The Morgan fingerprint density at radius 3 is 2.30 bits per heavy atom. The molecule has 4 nitrogen and oxygen atoms in total. The van der Waals surface area contributed by atoms with Gasteiger partial charge in [0, 0.05) is 18.2 Å². The van der Waals surface area contributed by atoms with Crippen LogP contribution >= 0.6 is 0 Å². The second-order valence-corrected chi connectivity index (χ2v) is 7.62. The van der Waals surface area contributed by atoms with E-state index in [1.54, 1.807) is 7.11 Å². The minimum absolute atomic E-state index is 0.129. The smallest absolute Gasteiger partial charge is 0.230 e. The van der Waals surface area contributed by atoms with E-state index in [0.717, 1.165) is 40.7 Å². The molecule has 30 heavy (non-hydrogen) atoms. The number of rotatable bonds is 4. The Morgan fingerprint density at radius 1 is 0.867 bits per heavy atom. The molecular formula is C26H23N3O. The van der Waals surface area contributed by atoms with E-state index in [-0.39, 0.29) is 6.04 Å². The molecule has 0 aliphatic carbocycles. The van der Waals surface area contributed by atoms with Crippen LogP contribution in [0.4, 0.5) is 5.95 Å². The van der Waals surface area contributed by atoms with Gasteiger partial charge in [-0.2, -0.15) is 0 Å². The molecule has 1 atom stereocenters. The molecule has 1 aliphatic heterocycles. The standard InChI is InChI=1S/C26H23N3O/c1-18-8-10-20(11-9-18)23-16-25(21-12-14-22(30-2)15-13-21)29-17-24(28-26(29)27-23)19-6-4-3-5-7-19/h3-15,17,25H,16H2,1-2H3/t25-/m0/s1. The summed E-state index contributed by atoms with van der Waals surface area (Å²) in [6.45, 7) is 2.10. The zero-order chi connectivity index (χ0) is 20.5. The number of ether oxygens (including phenoxy) is 1. The molecule has 0 unspecified atom stereocenters. The van der Waals surface area contributed by atoms with Crippen LogP contribution in [0.5, 0.6) is 5.75 Å². The van der Waals surface area contributed by atoms with Crippen LogP contribution in [-0.2, 0) is 0 Å². The zero-order valence-electron chi connectivity index (χ0n) is 17.1. The molecule has 1 aromatic heterocycles. The molecule has 0 spiro atoms.